The van der Waals surface area contributed by atoms with Crippen molar-refractivity contribution in [1.82, 2.24) is 29.2 Å². The third-order valence-electron chi connectivity index (χ3n) is 14.6. The van der Waals surface area contributed by atoms with Crippen molar-refractivity contribution in [3.63, 3.8) is 0 Å². The van der Waals surface area contributed by atoms with Gasteiger partial charge < -0.3 is 62.3 Å². The molecule has 0 radical (unpaired) electrons. The predicted molar refractivity (Wildman–Crippen MR) is 291 cm³/mol. The number of carbonyl (C=O) groups excluding carboxylic acids is 1. The van der Waals surface area contributed by atoms with Crippen LogP contribution in [0.2, 0.25) is 0 Å². The van der Waals surface area contributed by atoms with Crippen molar-refractivity contribution in [3.8, 4) is 34.5 Å². The maximum absolute atomic E-state index is 13.4. The van der Waals surface area contributed by atoms with Crippen LogP contribution in [0.5, 0.6) is 34.5 Å². The molecule has 1 N–H and O–H groups in total. The molecule has 0 bridgehead atoms. The van der Waals surface area contributed by atoms with E-state index in [0.717, 1.165) is 127 Å². The number of likely N-dealkylation sites (tertiary alicyclic amines) is 2. The Labute approximate surface area is 439 Å². The van der Waals surface area contributed by atoms with Gasteiger partial charge in [0.25, 0.3) is 11.1 Å². The van der Waals surface area contributed by atoms with Crippen LogP contribution in [0, 0.1) is 13.8 Å². The molecule has 75 heavy (non-hydrogen) atoms. The Hall–Kier alpha value is -6.75. The lowest BCUT2D eigenvalue weighted by Crippen LogP contribution is -2.49. The van der Waals surface area contributed by atoms with E-state index in [-0.39, 0.29) is 23.3 Å². The Kier molecular flexibility index (Phi) is 16.9. The molecule has 4 aromatic carbocycles. The minimum absolute atomic E-state index is 0.00840. The Morgan fingerprint density at radius 2 is 1.07 bits per heavy atom. The van der Waals surface area contributed by atoms with Crippen LogP contribution >= 0.6 is 0 Å². The third kappa shape index (κ3) is 13.2. The van der Waals surface area contributed by atoms with Crippen LogP contribution in [-0.4, -0.2) is 128 Å². The summed E-state index contributed by atoms with van der Waals surface area (Å²) in [5.41, 5.74) is 5.60. The van der Waals surface area contributed by atoms with E-state index < -0.39 is 5.60 Å². The van der Waals surface area contributed by atoms with Crippen LogP contribution < -0.4 is 44.9 Å². The summed E-state index contributed by atoms with van der Waals surface area (Å²) in [6.45, 7) is 19.9. The maximum atomic E-state index is 13.4. The van der Waals surface area contributed by atoms with Crippen LogP contribution in [0.25, 0.3) is 21.8 Å². The molecule has 10 rings (SSSR count). The second-order valence-corrected chi connectivity index (χ2v) is 21.1. The normalized spacial score (nSPS) is 16.3. The largest absolute Gasteiger partial charge is 0.496 e. The van der Waals surface area contributed by atoms with Crippen LogP contribution in [0.4, 0.5) is 4.79 Å². The monoisotopic (exact) mass is 1030 g/mol. The molecule has 2 saturated heterocycles. The fourth-order valence-electron chi connectivity index (χ4n) is 10.5. The van der Waals surface area contributed by atoms with Gasteiger partial charge in [0.15, 0.2) is 23.0 Å². The zero-order valence-corrected chi connectivity index (χ0v) is 44.8. The number of rotatable bonds is 14. The van der Waals surface area contributed by atoms with Gasteiger partial charge in [0.1, 0.15) is 43.5 Å². The van der Waals surface area contributed by atoms with E-state index in [1.54, 1.807) is 26.4 Å². The van der Waals surface area contributed by atoms with E-state index in [9.17, 15) is 14.4 Å². The van der Waals surface area contributed by atoms with Crippen molar-refractivity contribution in [3.05, 3.63) is 128 Å². The summed E-state index contributed by atoms with van der Waals surface area (Å²) in [6, 6.07) is 28.0. The lowest BCUT2D eigenvalue weighted by atomic mass is 10.0. The van der Waals surface area contributed by atoms with E-state index >= 15 is 0 Å². The van der Waals surface area contributed by atoms with Crippen molar-refractivity contribution < 1.29 is 38.0 Å². The highest BCUT2D eigenvalue weighted by Gasteiger charge is 2.32. The zero-order valence-electron chi connectivity index (χ0n) is 44.8. The molecule has 0 atom stereocenters. The summed E-state index contributed by atoms with van der Waals surface area (Å²) >= 11 is 0. The molecule has 0 unspecified atom stereocenters. The van der Waals surface area contributed by atoms with Gasteiger partial charge in [-0.05, 0) is 144 Å². The Balaban J connectivity index is 0.000000187. The number of nitrogens with zero attached hydrogens (tertiary/aromatic N) is 5. The van der Waals surface area contributed by atoms with Crippen molar-refractivity contribution in [2.75, 3.05) is 79.9 Å². The number of piperidine rings is 2. The summed E-state index contributed by atoms with van der Waals surface area (Å²) in [4.78, 5) is 45.8. The summed E-state index contributed by atoms with van der Waals surface area (Å²) in [6.07, 6.45) is 3.53. The Bertz CT molecular complexity index is 3080. The molecular formula is C59H74N6O10. The molecule has 6 heterocycles. The number of pyridine rings is 2. The highest BCUT2D eigenvalue weighted by molar-refractivity contribution is 5.86. The molecule has 0 aliphatic carbocycles. The molecule has 1 amide bonds. The molecule has 4 aliphatic rings. The van der Waals surface area contributed by atoms with Crippen molar-refractivity contribution in [1.29, 1.82) is 0 Å². The first kappa shape index (κ1) is 53.1. The van der Waals surface area contributed by atoms with Gasteiger partial charge in [-0.2, -0.15) is 0 Å². The first-order valence-corrected chi connectivity index (χ1v) is 26.5. The second-order valence-electron chi connectivity index (χ2n) is 21.1. The SMILES string of the molecule is COc1cc(=O)n(CCN2CCC(N(Cc3ccc4c(c3)OCCO4)C(=O)OC(C)(C)C)CC2)c2cc(C)ccc12.COc1cc(=O)n(CCN2CCC(NCc3ccc4c(c3)OCCO4)CC2)c2cc(C)ccc12. The number of nitrogens with one attached hydrogen (secondary N) is 1. The number of aryl methyl sites for hydroxylation is 2. The number of fused-ring (bicyclic) bond motifs is 4. The quantitative estimate of drug-likeness (QED) is 0.112. The average molecular weight is 1030 g/mol. The van der Waals surface area contributed by atoms with E-state index in [1.807, 2.05) is 90.3 Å². The third-order valence-corrected chi connectivity index (χ3v) is 14.6. The molecule has 0 saturated carbocycles. The van der Waals surface area contributed by atoms with Gasteiger partial charge in [0, 0.05) is 87.3 Å². The van der Waals surface area contributed by atoms with E-state index in [2.05, 4.69) is 46.3 Å². The first-order valence-electron chi connectivity index (χ1n) is 26.5. The zero-order chi connectivity index (χ0) is 52.6. The fourth-order valence-corrected chi connectivity index (χ4v) is 10.5. The standard InChI is InChI=1S/C32H41N3O6.C27H33N3O4/c1-22-6-8-25-26(18-22)34(30(36)20-28(25)38-5)15-14-33-12-10-24(11-13-33)35(31(37)41-32(2,3)4)21-23-7-9-27-29(19-23)40-17-16-39-27;1-19-3-5-22-23(15-19)30(27(31)17-25(22)32-2)12-11-29-9-7-21(8-10-29)28-18-20-4-6-24-26(16-20)34-14-13-33-24/h6-9,18-20,24H,10-17,21H2,1-5H3;3-6,15-17,21,28H,7-14,18H2,1-2H3. The number of amides is 1. The summed E-state index contributed by atoms with van der Waals surface area (Å²) < 4.78 is 43.2. The van der Waals surface area contributed by atoms with Crippen LogP contribution in [-0.2, 0) is 30.9 Å². The smallest absolute Gasteiger partial charge is 0.410 e. The molecule has 16 nitrogen and oxygen atoms in total. The van der Waals surface area contributed by atoms with E-state index in [0.29, 0.717) is 69.4 Å². The van der Waals surface area contributed by atoms with Crippen LogP contribution in [0.3, 0.4) is 0 Å². The Morgan fingerprint density at radius 3 is 1.56 bits per heavy atom. The highest BCUT2D eigenvalue weighted by Crippen LogP contribution is 2.34. The highest BCUT2D eigenvalue weighted by atomic mass is 16.6. The maximum Gasteiger partial charge on any atom is 0.410 e. The van der Waals surface area contributed by atoms with Gasteiger partial charge in [-0.15, -0.1) is 0 Å². The number of hydrogen-bond donors (Lipinski definition) is 1. The predicted octanol–water partition coefficient (Wildman–Crippen LogP) is 8.34. The van der Waals surface area contributed by atoms with Crippen molar-refractivity contribution in [2.45, 2.75) is 104 Å². The number of methoxy groups -OCH3 is 2. The molecule has 2 fully saturated rings. The molecule has 6 aromatic rings. The molecule has 4 aliphatic heterocycles. The van der Waals surface area contributed by atoms with Crippen LogP contribution in [0.1, 0.15) is 68.7 Å². The van der Waals surface area contributed by atoms with Gasteiger partial charge in [0.2, 0.25) is 0 Å². The number of ether oxygens (including phenoxy) is 7. The van der Waals surface area contributed by atoms with Gasteiger partial charge in [0.05, 0.1) is 25.3 Å². The topological polar surface area (TPSA) is 147 Å². The number of hydrogen-bond acceptors (Lipinski definition) is 13. The lowest BCUT2D eigenvalue weighted by Gasteiger charge is -2.39. The molecule has 0 spiro atoms. The number of carbonyl (C=O) groups is 1. The summed E-state index contributed by atoms with van der Waals surface area (Å²) in [7, 11) is 3.21. The fraction of sp³-hybridized carbons (Fsp3) is 0.475. The number of aromatic nitrogens is 2. The molecule has 400 valence electrons. The first-order chi connectivity index (χ1) is 36.2. The average Bonchev–Trinajstić information content (AvgIpc) is 3.41. The van der Waals surface area contributed by atoms with Crippen molar-refractivity contribution >= 4 is 27.9 Å². The Morgan fingerprint density at radius 1 is 0.600 bits per heavy atom. The second kappa shape index (κ2) is 23.8. The molecule has 2 aromatic heterocycles. The molecule has 16 heteroatoms. The van der Waals surface area contributed by atoms with Gasteiger partial charge in [-0.3, -0.25) is 9.59 Å². The minimum atomic E-state index is -0.588. The van der Waals surface area contributed by atoms with Gasteiger partial charge in [-0.1, -0.05) is 24.3 Å². The van der Waals surface area contributed by atoms with Crippen LogP contribution in [0.15, 0.2) is 94.5 Å². The number of benzene rings is 4. The van der Waals surface area contributed by atoms with Crippen molar-refractivity contribution in [2.24, 2.45) is 0 Å². The summed E-state index contributed by atoms with van der Waals surface area (Å²) in [5.74, 6) is 4.36. The van der Waals surface area contributed by atoms with E-state index in [1.165, 1.54) is 5.56 Å². The minimum Gasteiger partial charge on any atom is -0.496 e. The van der Waals surface area contributed by atoms with E-state index in [4.69, 9.17) is 33.2 Å². The summed E-state index contributed by atoms with van der Waals surface area (Å²) in [5, 5.41) is 5.61. The van der Waals surface area contributed by atoms with Gasteiger partial charge >= 0.3 is 6.09 Å². The lowest BCUT2D eigenvalue weighted by molar-refractivity contribution is 0.00561. The molecular weight excluding hydrogens is 953 g/mol. The van der Waals surface area contributed by atoms with Gasteiger partial charge in [-0.25, -0.2) is 4.79 Å².